The standard InChI is InChI=1S/C20H28N4O3S/c25-17(23-12-10-22(11-13-23)15-5-2-1-3-6-15)7-4-9-24-19(26)18-16(8-14-28-18)21-20(24)27/h8,14-15H,1-7,9-13H2,(H,21,27). The van der Waals surface area contributed by atoms with Crippen LogP contribution in [-0.2, 0) is 11.3 Å². The molecule has 0 bridgehead atoms. The number of aromatic nitrogens is 2. The number of aromatic amines is 1. The molecular weight excluding hydrogens is 376 g/mol. The zero-order valence-corrected chi connectivity index (χ0v) is 17.0. The minimum atomic E-state index is -0.399. The van der Waals surface area contributed by atoms with Crippen LogP contribution in [0.2, 0.25) is 0 Å². The molecular formula is C20H28N4O3S. The lowest BCUT2D eigenvalue weighted by Gasteiger charge is -2.40. The Labute approximate surface area is 168 Å². The number of fused-ring (bicyclic) bond motifs is 1. The average molecular weight is 405 g/mol. The molecule has 1 amide bonds. The van der Waals surface area contributed by atoms with Gasteiger partial charge in [-0.25, -0.2) is 4.79 Å². The predicted molar refractivity (Wildman–Crippen MR) is 111 cm³/mol. The van der Waals surface area contributed by atoms with Crippen LogP contribution in [0.5, 0.6) is 0 Å². The number of amides is 1. The molecule has 0 radical (unpaired) electrons. The second-order valence-electron chi connectivity index (χ2n) is 7.86. The van der Waals surface area contributed by atoms with Crippen molar-refractivity contribution in [1.29, 1.82) is 0 Å². The molecule has 0 aromatic carbocycles. The van der Waals surface area contributed by atoms with Gasteiger partial charge in [0.15, 0.2) is 0 Å². The van der Waals surface area contributed by atoms with Gasteiger partial charge in [-0.15, -0.1) is 11.3 Å². The normalized spacial score (nSPS) is 19.4. The summed E-state index contributed by atoms with van der Waals surface area (Å²) < 4.78 is 1.78. The van der Waals surface area contributed by atoms with Crippen LogP contribution in [0, 0.1) is 0 Å². The van der Waals surface area contributed by atoms with Crippen molar-refractivity contribution in [3.05, 3.63) is 32.3 Å². The van der Waals surface area contributed by atoms with Crippen LogP contribution >= 0.6 is 11.3 Å². The molecule has 1 N–H and O–H groups in total. The number of thiophene rings is 1. The fourth-order valence-corrected chi connectivity index (χ4v) is 5.30. The van der Waals surface area contributed by atoms with E-state index in [0.29, 0.717) is 29.1 Å². The van der Waals surface area contributed by atoms with Gasteiger partial charge in [0.1, 0.15) is 4.70 Å². The summed E-state index contributed by atoms with van der Waals surface area (Å²) in [5, 5.41) is 1.79. The number of nitrogens with one attached hydrogen (secondary N) is 1. The highest BCUT2D eigenvalue weighted by atomic mass is 32.1. The average Bonchev–Trinajstić information content (AvgIpc) is 3.19. The minimum Gasteiger partial charge on any atom is -0.340 e. The number of rotatable bonds is 5. The number of piperazine rings is 1. The zero-order valence-electron chi connectivity index (χ0n) is 16.2. The molecule has 0 spiro atoms. The van der Waals surface area contributed by atoms with E-state index in [-0.39, 0.29) is 18.0 Å². The van der Waals surface area contributed by atoms with E-state index >= 15 is 0 Å². The third-order valence-electron chi connectivity index (χ3n) is 6.12. The van der Waals surface area contributed by atoms with Crippen molar-refractivity contribution >= 4 is 27.5 Å². The van der Waals surface area contributed by atoms with Crippen LogP contribution in [0.3, 0.4) is 0 Å². The lowest BCUT2D eigenvalue weighted by Crippen LogP contribution is -2.52. The maximum absolute atomic E-state index is 12.5. The second-order valence-corrected chi connectivity index (χ2v) is 8.78. The summed E-state index contributed by atoms with van der Waals surface area (Å²) in [5.74, 6) is 0.130. The van der Waals surface area contributed by atoms with Crippen molar-refractivity contribution in [2.45, 2.75) is 57.5 Å². The maximum atomic E-state index is 12.5. The van der Waals surface area contributed by atoms with Gasteiger partial charge in [0.05, 0.1) is 5.52 Å². The van der Waals surface area contributed by atoms with Crippen molar-refractivity contribution in [2.24, 2.45) is 0 Å². The molecule has 8 heteroatoms. The largest absolute Gasteiger partial charge is 0.340 e. The van der Waals surface area contributed by atoms with Crippen molar-refractivity contribution < 1.29 is 4.79 Å². The van der Waals surface area contributed by atoms with Crippen LogP contribution in [0.25, 0.3) is 10.2 Å². The molecule has 152 valence electrons. The Morgan fingerprint density at radius 1 is 1.11 bits per heavy atom. The highest BCUT2D eigenvalue weighted by Crippen LogP contribution is 2.23. The summed E-state index contributed by atoms with van der Waals surface area (Å²) >= 11 is 1.33. The van der Waals surface area contributed by atoms with Gasteiger partial charge >= 0.3 is 5.69 Å². The monoisotopic (exact) mass is 404 g/mol. The number of carbonyl (C=O) groups is 1. The first-order chi connectivity index (χ1) is 13.6. The summed E-state index contributed by atoms with van der Waals surface area (Å²) in [6, 6.07) is 2.45. The highest BCUT2D eigenvalue weighted by Gasteiger charge is 2.26. The molecule has 4 rings (SSSR count). The summed E-state index contributed by atoms with van der Waals surface area (Å²) in [6.45, 7) is 3.78. The van der Waals surface area contributed by atoms with Gasteiger partial charge in [-0.2, -0.15) is 0 Å². The van der Waals surface area contributed by atoms with Crippen molar-refractivity contribution in [3.63, 3.8) is 0 Å². The van der Waals surface area contributed by atoms with Crippen LogP contribution in [-0.4, -0.2) is 57.5 Å². The third-order valence-corrected chi connectivity index (χ3v) is 7.02. The van der Waals surface area contributed by atoms with E-state index in [1.54, 1.807) is 11.4 Å². The van der Waals surface area contributed by atoms with Gasteiger partial charge in [0, 0.05) is 45.2 Å². The molecule has 1 aliphatic carbocycles. The van der Waals surface area contributed by atoms with Gasteiger partial charge in [0.2, 0.25) is 5.91 Å². The lowest BCUT2D eigenvalue weighted by atomic mass is 9.94. The first-order valence-corrected chi connectivity index (χ1v) is 11.2. The number of nitrogens with zero attached hydrogens (tertiary/aromatic N) is 3. The fourth-order valence-electron chi connectivity index (χ4n) is 4.50. The first-order valence-electron chi connectivity index (χ1n) is 10.4. The van der Waals surface area contributed by atoms with Gasteiger partial charge in [-0.3, -0.25) is 19.1 Å². The molecule has 0 unspecified atom stereocenters. The van der Waals surface area contributed by atoms with Gasteiger partial charge in [-0.1, -0.05) is 19.3 Å². The Hall–Kier alpha value is -1.93. The Balaban J connectivity index is 1.27. The number of H-pyrrole nitrogens is 1. The van der Waals surface area contributed by atoms with Gasteiger partial charge in [-0.05, 0) is 30.7 Å². The topological polar surface area (TPSA) is 78.4 Å². The Morgan fingerprint density at radius 3 is 2.61 bits per heavy atom. The van der Waals surface area contributed by atoms with E-state index in [9.17, 15) is 14.4 Å². The molecule has 7 nitrogen and oxygen atoms in total. The van der Waals surface area contributed by atoms with Crippen LogP contribution < -0.4 is 11.2 Å². The molecule has 2 aliphatic rings. The highest BCUT2D eigenvalue weighted by molar-refractivity contribution is 7.17. The van der Waals surface area contributed by atoms with E-state index in [0.717, 1.165) is 26.2 Å². The van der Waals surface area contributed by atoms with Crippen LogP contribution in [0.4, 0.5) is 0 Å². The summed E-state index contributed by atoms with van der Waals surface area (Å²) in [7, 11) is 0. The minimum absolute atomic E-state index is 0.130. The van der Waals surface area contributed by atoms with E-state index < -0.39 is 5.69 Å². The summed E-state index contributed by atoms with van der Waals surface area (Å²) in [4.78, 5) is 44.3. The predicted octanol–water partition coefficient (Wildman–Crippen LogP) is 2.01. The molecule has 0 atom stereocenters. The molecule has 2 aromatic rings. The summed E-state index contributed by atoms with van der Waals surface area (Å²) in [5.41, 5.74) is -0.0742. The summed E-state index contributed by atoms with van der Waals surface area (Å²) in [6.07, 6.45) is 7.50. The SMILES string of the molecule is O=C(CCCn1c(=O)[nH]c2ccsc2c1=O)N1CCN(C2CCCCC2)CC1. The smallest absolute Gasteiger partial charge is 0.328 e. The van der Waals surface area contributed by atoms with Gasteiger partial charge in [0.25, 0.3) is 5.56 Å². The van der Waals surface area contributed by atoms with Crippen LogP contribution in [0.15, 0.2) is 21.0 Å². The molecule has 1 saturated heterocycles. The zero-order chi connectivity index (χ0) is 19.5. The van der Waals surface area contributed by atoms with Crippen molar-refractivity contribution in [1.82, 2.24) is 19.4 Å². The molecule has 28 heavy (non-hydrogen) atoms. The Kier molecular flexibility index (Phi) is 5.96. The van der Waals surface area contributed by atoms with Crippen molar-refractivity contribution in [2.75, 3.05) is 26.2 Å². The third kappa shape index (κ3) is 4.07. The molecule has 2 fully saturated rings. The Morgan fingerprint density at radius 2 is 1.86 bits per heavy atom. The molecule has 2 aromatic heterocycles. The van der Waals surface area contributed by atoms with Crippen molar-refractivity contribution in [3.8, 4) is 0 Å². The number of hydrogen-bond acceptors (Lipinski definition) is 5. The Bertz CT molecular complexity index is 933. The lowest BCUT2D eigenvalue weighted by molar-refractivity contribution is -0.133. The maximum Gasteiger partial charge on any atom is 0.328 e. The van der Waals surface area contributed by atoms with E-state index in [1.165, 1.54) is 48.0 Å². The molecule has 1 aliphatic heterocycles. The van der Waals surface area contributed by atoms with Crippen LogP contribution in [0.1, 0.15) is 44.9 Å². The quantitative estimate of drug-likeness (QED) is 0.827. The molecule has 3 heterocycles. The van der Waals surface area contributed by atoms with Gasteiger partial charge < -0.3 is 9.88 Å². The number of carbonyl (C=O) groups excluding carboxylic acids is 1. The fraction of sp³-hybridized carbons (Fsp3) is 0.650. The molecule has 1 saturated carbocycles. The first kappa shape index (κ1) is 19.4. The number of hydrogen-bond donors (Lipinski definition) is 1. The van der Waals surface area contributed by atoms with E-state index in [2.05, 4.69) is 9.88 Å². The van der Waals surface area contributed by atoms with E-state index in [4.69, 9.17) is 0 Å². The van der Waals surface area contributed by atoms with E-state index in [1.807, 2.05) is 4.90 Å². The second kappa shape index (κ2) is 8.61.